The first kappa shape index (κ1) is 22.1. The van der Waals surface area contributed by atoms with Crippen molar-refractivity contribution in [3.63, 3.8) is 0 Å². The molecule has 0 aromatic heterocycles. The van der Waals surface area contributed by atoms with Crippen molar-refractivity contribution in [2.45, 2.75) is 19.1 Å². The van der Waals surface area contributed by atoms with E-state index in [4.69, 9.17) is 9.47 Å². The van der Waals surface area contributed by atoms with Crippen LogP contribution in [0, 0.1) is 0 Å². The first-order valence-electron chi connectivity index (χ1n) is 10.8. The fourth-order valence-corrected chi connectivity index (χ4v) is 3.61. The third-order valence-electron chi connectivity index (χ3n) is 5.41. The van der Waals surface area contributed by atoms with E-state index in [9.17, 15) is 9.59 Å². The molecule has 0 fully saturated rings. The second-order valence-corrected chi connectivity index (χ2v) is 7.73. The van der Waals surface area contributed by atoms with E-state index in [2.05, 4.69) is 5.32 Å². The second kappa shape index (κ2) is 10.5. The SMILES string of the molecule is COC(=O)[C@@H](Cc1ccc(OCc2ccccc2)cc1)NC(=O)c1ccc2ccccc2c1. The van der Waals surface area contributed by atoms with Crippen LogP contribution in [-0.4, -0.2) is 25.0 Å². The summed E-state index contributed by atoms with van der Waals surface area (Å²) >= 11 is 0. The molecule has 0 radical (unpaired) electrons. The lowest BCUT2D eigenvalue weighted by Crippen LogP contribution is -2.43. The van der Waals surface area contributed by atoms with E-state index in [0.717, 1.165) is 27.6 Å². The maximum atomic E-state index is 12.8. The highest BCUT2D eigenvalue weighted by Crippen LogP contribution is 2.18. The second-order valence-electron chi connectivity index (χ2n) is 7.73. The number of rotatable bonds is 8. The predicted octanol–water partition coefficient (Wildman–Crippen LogP) is 4.93. The van der Waals surface area contributed by atoms with Gasteiger partial charge in [0, 0.05) is 12.0 Å². The van der Waals surface area contributed by atoms with Gasteiger partial charge in [0.1, 0.15) is 18.4 Å². The summed E-state index contributed by atoms with van der Waals surface area (Å²) in [6, 6.07) is 29.9. The van der Waals surface area contributed by atoms with Crippen LogP contribution in [0.1, 0.15) is 21.5 Å². The first-order valence-corrected chi connectivity index (χ1v) is 10.8. The number of esters is 1. The average Bonchev–Trinajstić information content (AvgIpc) is 2.87. The van der Waals surface area contributed by atoms with Gasteiger partial charge in [-0.25, -0.2) is 4.79 Å². The van der Waals surface area contributed by atoms with Gasteiger partial charge in [0.15, 0.2) is 0 Å². The molecule has 0 aliphatic rings. The molecule has 0 unspecified atom stereocenters. The van der Waals surface area contributed by atoms with E-state index in [0.29, 0.717) is 18.6 Å². The standard InChI is InChI=1S/C28H25NO4/c1-32-28(31)26(29-27(30)24-14-13-22-9-5-6-10-23(22)18-24)17-20-11-15-25(16-12-20)33-19-21-7-3-2-4-8-21/h2-16,18,26H,17,19H2,1H3,(H,29,30)/t26-/m1/s1. The largest absolute Gasteiger partial charge is 0.489 e. The highest BCUT2D eigenvalue weighted by atomic mass is 16.5. The normalized spacial score (nSPS) is 11.5. The third-order valence-corrected chi connectivity index (χ3v) is 5.41. The van der Waals surface area contributed by atoms with Crippen LogP contribution in [0.5, 0.6) is 5.75 Å². The van der Waals surface area contributed by atoms with Crippen molar-refractivity contribution in [3.8, 4) is 5.75 Å². The van der Waals surface area contributed by atoms with Crippen LogP contribution in [-0.2, 0) is 22.6 Å². The number of hydrogen-bond donors (Lipinski definition) is 1. The minimum atomic E-state index is -0.801. The molecule has 0 saturated carbocycles. The molecule has 0 heterocycles. The number of methoxy groups -OCH3 is 1. The number of carbonyl (C=O) groups excluding carboxylic acids is 2. The first-order chi connectivity index (χ1) is 16.1. The molecular weight excluding hydrogens is 414 g/mol. The zero-order chi connectivity index (χ0) is 23.0. The summed E-state index contributed by atoms with van der Waals surface area (Å²) in [6.07, 6.45) is 0.310. The lowest BCUT2D eigenvalue weighted by Gasteiger charge is -2.17. The molecule has 1 atom stereocenters. The minimum Gasteiger partial charge on any atom is -0.489 e. The molecule has 0 aliphatic heterocycles. The van der Waals surface area contributed by atoms with Crippen LogP contribution in [0.15, 0.2) is 97.1 Å². The van der Waals surface area contributed by atoms with Gasteiger partial charge in [0.05, 0.1) is 7.11 Å². The summed E-state index contributed by atoms with van der Waals surface area (Å²) in [5.74, 6) is -0.0788. The summed E-state index contributed by atoms with van der Waals surface area (Å²) in [5, 5.41) is 4.83. The van der Waals surface area contributed by atoms with Crippen LogP contribution >= 0.6 is 0 Å². The predicted molar refractivity (Wildman–Crippen MR) is 128 cm³/mol. The van der Waals surface area contributed by atoms with Gasteiger partial charge in [-0.05, 0) is 46.2 Å². The molecule has 33 heavy (non-hydrogen) atoms. The van der Waals surface area contributed by atoms with Crippen LogP contribution in [0.4, 0.5) is 0 Å². The lowest BCUT2D eigenvalue weighted by molar-refractivity contribution is -0.142. The van der Waals surface area contributed by atoms with Gasteiger partial charge in [-0.3, -0.25) is 4.79 Å². The molecule has 4 aromatic carbocycles. The van der Waals surface area contributed by atoms with Gasteiger partial charge in [0.25, 0.3) is 5.91 Å². The van der Waals surface area contributed by atoms with E-state index >= 15 is 0 Å². The summed E-state index contributed by atoms with van der Waals surface area (Å²) in [4.78, 5) is 25.2. The maximum absolute atomic E-state index is 12.8. The Morgan fingerprint density at radius 3 is 2.21 bits per heavy atom. The van der Waals surface area contributed by atoms with Crippen LogP contribution < -0.4 is 10.1 Å². The van der Waals surface area contributed by atoms with Gasteiger partial charge in [0.2, 0.25) is 0 Å². The van der Waals surface area contributed by atoms with Crippen molar-refractivity contribution in [1.29, 1.82) is 0 Å². The van der Waals surface area contributed by atoms with Crippen LogP contribution in [0.25, 0.3) is 10.8 Å². The van der Waals surface area contributed by atoms with Gasteiger partial charge in [-0.2, -0.15) is 0 Å². The summed E-state index contributed by atoms with van der Waals surface area (Å²) in [5.41, 5.74) is 2.47. The molecule has 4 rings (SSSR count). The van der Waals surface area contributed by atoms with E-state index in [1.165, 1.54) is 7.11 Å². The number of hydrogen-bond acceptors (Lipinski definition) is 4. The smallest absolute Gasteiger partial charge is 0.328 e. The van der Waals surface area contributed by atoms with Crippen molar-refractivity contribution in [3.05, 3.63) is 114 Å². The maximum Gasteiger partial charge on any atom is 0.328 e. The van der Waals surface area contributed by atoms with Gasteiger partial charge < -0.3 is 14.8 Å². The molecule has 0 spiro atoms. The number of amides is 1. The van der Waals surface area contributed by atoms with Gasteiger partial charge in [-0.1, -0.05) is 72.8 Å². The van der Waals surface area contributed by atoms with Gasteiger partial charge >= 0.3 is 5.97 Å². The molecule has 0 saturated heterocycles. The Hall–Kier alpha value is -4.12. The molecule has 5 heteroatoms. The fraction of sp³-hybridized carbons (Fsp3) is 0.143. The fourth-order valence-electron chi connectivity index (χ4n) is 3.61. The van der Waals surface area contributed by atoms with E-state index in [1.807, 2.05) is 91.0 Å². The van der Waals surface area contributed by atoms with E-state index in [1.54, 1.807) is 6.07 Å². The Morgan fingerprint density at radius 1 is 0.788 bits per heavy atom. The van der Waals surface area contributed by atoms with Crippen LogP contribution in [0.2, 0.25) is 0 Å². The molecular formula is C28H25NO4. The number of ether oxygens (including phenoxy) is 2. The van der Waals surface area contributed by atoms with Crippen LogP contribution in [0.3, 0.4) is 0 Å². The Morgan fingerprint density at radius 2 is 1.48 bits per heavy atom. The Kier molecular flexibility index (Phi) is 7.00. The molecule has 0 aliphatic carbocycles. The lowest BCUT2D eigenvalue weighted by atomic mass is 10.0. The van der Waals surface area contributed by atoms with E-state index < -0.39 is 12.0 Å². The topological polar surface area (TPSA) is 64.6 Å². The molecule has 4 aromatic rings. The van der Waals surface area contributed by atoms with Crippen molar-refractivity contribution < 1.29 is 19.1 Å². The van der Waals surface area contributed by atoms with Gasteiger partial charge in [-0.15, -0.1) is 0 Å². The third kappa shape index (κ3) is 5.77. The Labute approximate surface area is 193 Å². The van der Waals surface area contributed by atoms with Crippen molar-refractivity contribution in [1.82, 2.24) is 5.32 Å². The molecule has 1 N–H and O–H groups in total. The molecule has 0 bridgehead atoms. The molecule has 1 amide bonds. The van der Waals surface area contributed by atoms with Crippen molar-refractivity contribution >= 4 is 22.6 Å². The summed E-state index contributed by atoms with van der Waals surface area (Å²) in [6.45, 7) is 0.479. The highest BCUT2D eigenvalue weighted by molar-refractivity contribution is 6.00. The van der Waals surface area contributed by atoms with Crippen molar-refractivity contribution in [2.24, 2.45) is 0 Å². The monoisotopic (exact) mass is 439 g/mol. The highest BCUT2D eigenvalue weighted by Gasteiger charge is 2.23. The average molecular weight is 440 g/mol. The Bertz CT molecular complexity index is 1240. The molecule has 5 nitrogen and oxygen atoms in total. The quantitative estimate of drug-likeness (QED) is 0.395. The minimum absolute atomic E-state index is 0.310. The van der Waals surface area contributed by atoms with E-state index in [-0.39, 0.29) is 5.91 Å². The number of benzene rings is 4. The zero-order valence-electron chi connectivity index (χ0n) is 18.4. The Balaban J connectivity index is 1.41. The van der Waals surface area contributed by atoms with Crippen molar-refractivity contribution in [2.75, 3.05) is 7.11 Å². The number of nitrogens with one attached hydrogen (secondary N) is 1. The zero-order valence-corrected chi connectivity index (χ0v) is 18.4. The molecule has 166 valence electrons. The summed E-state index contributed by atoms with van der Waals surface area (Å²) in [7, 11) is 1.32. The number of fused-ring (bicyclic) bond motifs is 1. The summed E-state index contributed by atoms with van der Waals surface area (Å²) < 4.78 is 10.7. The number of carbonyl (C=O) groups is 2.